The summed E-state index contributed by atoms with van der Waals surface area (Å²) in [6, 6.07) is 4.19. The van der Waals surface area contributed by atoms with Crippen LogP contribution in [0.1, 0.15) is 4.88 Å². The fraction of sp³-hybridized carbons (Fsp3) is 0.333. The summed E-state index contributed by atoms with van der Waals surface area (Å²) in [5.74, 6) is 0. The van der Waals surface area contributed by atoms with Gasteiger partial charge in [-0.25, -0.2) is 0 Å². The standard InChI is InChI=1S/C9H13NS/c1-10(2)7-3-5-9-6-4-8-11-9/h3-6,8H,7H2,1-2H3/b5-3-. The average molecular weight is 167 g/mol. The van der Waals surface area contributed by atoms with Gasteiger partial charge >= 0.3 is 0 Å². The zero-order chi connectivity index (χ0) is 8.10. The highest BCUT2D eigenvalue weighted by atomic mass is 32.1. The van der Waals surface area contributed by atoms with Gasteiger partial charge in [0.2, 0.25) is 0 Å². The van der Waals surface area contributed by atoms with E-state index in [9.17, 15) is 0 Å². The van der Waals surface area contributed by atoms with E-state index in [1.54, 1.807) is 11.3 Å². The largest absolute Gasteiger partial charge is 0.306 e. The van der Waals surface area contributed by atoms with Gasteiger partial charge in [-0.3, -0.25) is 0 Å². The SMILES string of the molecule is CN(C)C/C=C\c1cccs1. The Balaban J connectivity index is 2.37. The van der Waals surface area contributed by atoms with Crippen molar-refractivity contribution in [1.29, 1.82) is 0 Å². The van der Waals surface area contributed by atoms with Gasteiger partial charge in [0.15, 0.2) is 0 Å². The Morgan fingerprint density at radius 1 is 1.55 bits per heavy atom. The third kappa shape index (κ3) is 3.35. The van der Waals surface area contributed by atoms with E-state index in [2.05, 4.69) is 48.7 Å². The van der Waals surface area contributed by atoms with E-state index in [-0.39, 0.29) is 0 Å². The highest BCUT2D eigenvalue weighted by molar-refractivity contribution is 7.10. The second-order valence-electron chi connectivity index (χ2n) is 2.68. The molecule has 0 spiro atoms. The number of hydrogen-bond donors (Lipinski definition) is 0. The fourth-order valence-electron chi connectivity index (χ4n) is 0.766. The molecule has 0 bridgehead atoms. The Hall–Kier alpha value is -0.600. The van der Waals surface area contributed by atoms with Crippen LogP contribution in [0.15, 0.2) is 23.6 Å². The summed E-state index contributed by atoms with van der Waals surface area (Å²) >= 11 is 1.77. The first-order chi connectivity index (χ1) is 5.29. The van der Waals surface area contributed by atoms with Crippen molar-refractivity contribution in [2.45, 2.75) is 0 Å². The molecular formula is C9H13NS. The van der Waals surface area contributed by atoms with Crippen LogP contribution in [-0.4, -0.2) is 25.5 Å². The van der Waals surface area contributed by atoms with Crippen LogP contribution in [0.4, 0.5) is 0 Å². The maximum absolute atomic E-state index is 2.17. The number of hydrogen-bond acceptors (Lipinski definition) is 2. The van der Waals surface area contributed by atoms with Crippen molar-refractivity contribution >= 4 is 17.4 Å². The summed E-state index contributed by atoms with van der Waals surface area (Å²) in [4.78, 5) is 3.47. The Morgan fingerprint density at radius 2 is 2.36 bits per heavy atom. The zero-order valence-corrected chi connectivity index (χ0v) is 7.77. The zero-order valence-electron chi connectivity index (χ0n) is 6.95. The van der Waals surface area contributed by atoms with Gasteiger partial charge in [0.05, 0.1) is 0 Å². The quantitative estimate of drug-likeness (QED) is 0.668. The highest BCUT2D eigenvalue weighted by Gasteiger charge is 1.85. The molecule has 0 atom stereocenters. The number of likely N-dealkylation sites (N-methyl/N-ethyl adjacent to an activating group) is 1. The van der Waals surface area contributed by atoms with Crippen molar-refractivity contribution in [1.82, 2.24) is 4.90 Å². The molecule has 0 radical (unpaired) electrons. The van der Waals surface area contributed by atoms with Gasteiger partial charge in [-0.1, -0.05) is 12.1 Å². The van der Waals surface area contributed by atoms with Crippen molar-refractivity contribution in [3.63, 3.8) is 0 Å². The second kappa shape index (κ2) is 4.31. The smallest absolute Gasteiger partial charge is 0.0267 e. The first-order valence-corrected chi connectivity index (χ1v) is 4.52. The van der Waals surface area contributed by atoms with E-state index in [0.717, 1.165) is 6.54 Å². The minimum absolute atomic E-state index is 1.01. The highest BCUT2D eigenvalue weighted by Crippen LogP contribution is 2.09. The van der Waals surface area contributed by atoms with Crippen LogP contribution in [0.25, 0.3) is 6.08 Å². The third-order valence-electron chi connectivity index (χ3n) is 1.30. The van der Waals surface area contributed by atoms with Crippen LogP contribution in [0.5, 0.6) is 0 Å². The maximum Gasteiger partial charge on any atom is 0.0267 e. The third-order valence-corrected chi connectivity index (χ3v) is 2.13. The van der Waals surface area contributed by atoms with Gasteiger partial charge in [-0.2, -0.15) is 0 Å². The van der Waals surface area contributed by atoms with E-state index in [4.69, 9.17) is 0 Å². The predicted octanol–water partition coefficient (Wildman–Crippen LogP) is 2.32. The number of thiophene rings is 1. The Bertz CT molecular complexity index is 211. The summed E-state index contributed by atoms with van der Waals surface area (Å²) in [6.07, 6.45) is 4.33. The molecule has 1 aromatic heterocycles. The fourth-order valence-corrected chi connectivity index (χ4v) is 1.41. The minimum atomic E-state index is 1.01. The normalized spacial score (nSPS) is 11.5. The molecule has 0 aliphatic carbocycles. The van der Waals surface area contributed by atoms with Crippen LogP contribution in [0.3, 0.4) is 0 Å². The molecule has 1 nitrogen and oxygen atoms in total. The first-order valence-electron chi connectivity index (χ1n) is 3.64. The topological polar surface area (TPSA) is 3.24 Å². The van der Waals surface area contributed by atoms with Crippen molar-refractivity contribution in [2.24, 2.45) is 0 Å². The van der Waals surface area contributed by atoms with Gasteiger partial charge in [0.25, 0.3) is 0 Å². The molecule has 0 aliphatic rings. The lowest BCUT2D eigenvalue weighted by Crippen LogP contribution is -2.10. The molecule has 60 valence electrons. The van der Waals surface area contributed by atoms with Gasteiger partial charge < -0.3 is 4.90 Å². The van der Waals surface area contributed by atoms with Crippen LogP contribution in [-0.2, 0) is 0 Å². The molecule has 0 aromatic carbocycles. The molecule has 0 fully saturated rings. The first kappa shape index (κ1) is 8.50. The van der Waals surface area contributed by atoms with E-state index in [1.165, 1.54) is 4.88 Å². The van der Waals surface area contributed by atoms with Gasteiger partial charge in [-0.05, 0) is 31.6 Å². The lowest BCUT2D eigenvalue weighted by Gasteiger charge is -2.02. The van der Waals surface area contributed by atoms with Crippen molar-refractivity contribution in [3.8, 4) is 0 Å². The van der Waals surface area contributed by atoms with Crippen molar-refractivity contribution < 1.29 is 0 Å². The molecule has 0 unspecified atom stereocenters. The summed E-state index contributed by atoms with van der Waals surface area (Å²) < 4.78 is 0. The second-order valence-corrected chi connectivity index (χ2v) is 3.66. The lowest BCUT2D eigenvalue weighted by molar-refractivity contribution is 0.457. The predicted molar refractivity (Wildman–Crippen MR) is 51.9 cm³/mol. The van der Waals surface area contributed by atoms with Crippen molar-refractivity contribution in [3.05, 3.63) is 28.5 Å². The molecule has 0 aliphatic heterocycles. The van der Waals surface area contributed by atoms with E-state index in [0.29, 0.717) is 0 Å². The van der Waals surface area contributed by atoms with Crippen LogP contribution in [0, 0.1) is 0 Å². The Morgan fingerprint density at radius 3 is 2.91 bits per heavy atom. The molecule has 0 saturated carbocycles. The molecule has 1 rings (SSSR count). The van der Waals surface area contributed by atoms with Crippen LogP contribution < -0.4 is 0 Å². The molecule has 0 saturated heterocycles. The van der Waals surface area contributed by atoms with E-state index < -0.39 is 0 Å². The molecule has 0 N–H and O–H groups in total. The molecule has 1 aromatic rings. The summed E-state index contributed by atoms with van der Waals surface area (Å²) in [6.45, 7) is 1.01. The molecule has 11 heavy (non-hydrogen) atoms. The monoisotopic (exact) mass is 167 g/mol. The van der Waals surface area contributed by atoms with E-state index in [1.807, 2.05) is 0 Å². The maximum atomic E-state index is 2.17. The number of rotatable bonds is 3. The summed E-state index contributed by atoms with van der Waals surface area (Å²) in [7, 11) is 4.14. The van der Waals surface area contributed by atoms with Crippen LogP contribution >= 0.6 is 11.3 Å². The van der Waals surface area contributed by atoms with Gasteiger partial charge in [-0.15, -0.1) is 11.3 Å². The minimum Gasteiger partial charge on any atom is -0.306 e. The summed E-state index contributed by atoms with van der Waals surface area (Å²) in [5, 5.41) is 2.09. The van der Waals surface area contributed by atoms with Crippen LogP contribution in [0.2, 0.25) is 0 Å². The van der Waals surface area contributed by atoms with Gasteiger partial charge in [0.1, 0.15) is 0 Å². The van der Waals surface area contributed by atoms with E-state index >= 15 is 0 Å². The molecule has 0 amide bonds. The Kier molecular flexibility index (Phi) is 3.33. The molecule has 2 heteroatoms. The Labute approximate surface area is 72.0 Å². The lowest BCUT2D eigenvalue weighted by atomic mass is 10.4. The average Bonchev–Trinajstić information content (AvgIpc) is 2.39. The summed E-state index contributed by atoms with van der Waals surface area (Å²) in [5.41, 5.74) is 0. The van der Waals surface area contributed by atoms with Gasteiger partial charge in [0, 0.05) is 11.4 Å². The van der Waals surface area contributed by atoms with Crippen molar-refractivity contribution in [2.75, 3.05) is 20.6 Å². The molecule has 1 heterocycles. The molecular weight excluding hydrogens is 154 g/mol. The number of nitrogens with zero attached hydrogens (tertiary/aromatic N) is 1.